The zero-order valence-electron chi connectivity index (χ0n) is 7.75. The van der Waals surface area contributed by atoms with Crippen molar-refractivity contribution in [2.24, 2.45) is 5.16 Å². The first-order chi connectivity index (χ1) is 5.61. The van der Waals surface area contributed by atoms with Crippen LogP contribution >= 0.6 is 11.8 Å². The van der Waals surface area contributed by atoms with Gasteiger partial charge in [-0.05, 0) is 20.1 Å². The highest BCUT2D eigenvalue weighted by atomic mass is 32.2. The molecular formula is C7H14N2O2S. The molecule has 0 rings (SSSR count). The van der Waals surface area contributed by atoms with Crippen LogP contribution in [0, 0.1) is 0 Å². The van der Waals surface area contributed by atoms with Crippen LogP contribution in [0.25, 0.3) is 0 Å². The van der Waals surface area contributed by atoms with Crippen LogP contribution in [0.2, 0.25) is 0 Å². The zero-order chi connectivity index (χ0) is 9.56. The van der Waals surface area contributed by atoms with E-state index in [1.54, 1.807) is 11.8 Å². The maximum Gasteiger partial charge on any atom is 0.433 e. The summed E-state index contributed by atoms with van der Waals surface area (Å²) >= 11 is 1.65. The molecule has 0 fully saturated rings. The van der Waals surface area contributed by atoms with E-state index in [1.165, 1.54) is 7.05 Å². The fourth-order valence-electron chi connectivity index (χ4n) is 0.404. The number of carbonyl (C=O) groups is 1. The number of thioether (sulfide) groups is 1. The second-order valence-electron chi connectivity index (χ2n) is 2.24. The number of hydrogen-bond donors (Lipinski definition) is 1. The van der Waals surface area contributed by atoms with Gasteiger partial charge in [0.25, 0.3) is 0 Å². The van der Waals surface area contributed by atoms with E-state index in [-0.39, 0.29) is 5.25 Å². The van der Waals surface area contributed by atoms with E-state index in [4.69, 9.17) is 0 Å². The number of amides is 1. The first-order valence-electron chi connectivity index (χ1n) is 3.57. The molecule has 0 aliphatic heterocycles. The summed E-state index contributed by atoms with van der Waals surface area (Å²) in [6.45, 7) is 3.82. The van der Waals surface area contributed by atoms with E-state index in [0.29, 0.717) is 0 Å². The molecule has 0 aliphatic rings. The summed E-state index contributed by atoms with van der Waals surface area (Å²) in [7, 11) is 1.49. The van der Waals surface area contributed by atoms with Crippen molar-refractivity contribution in [3.8, 4) is 0 Å². The lowest BCUT2D eigenvalue weighted by Gasteiger charge is -2.05. The molecule has 5 heteroatoms. The maximum atomic E-state index is 10.6. The fraction of sp³-hybridized carbons (Fsp3) is 0.714. The van der Waals surface area contributed by atoms with Gasteiger partial charge < -0.3 is 5.32 Å². The second kappa shape index (κ2) is 5.88. The Morgan fingerprint density at radius 2 is 2.25 bits per heavy atom. The highest BCUT2D eigenvalue weighted by molar-refractivity contribution is 7.99. The third kappa shape index (κ3) is 4.23. The van der Waals surface area contributed by atoms with Gasteiger partial charge in [0.2, 0.25) is 0 Å². The van der Waals surface area contributed by atoms with Crippen LogP contribution < -0.4 is 5.32 Å². The monoisotopic (exact) mass is 190 g/mol. The van der Waals surface area contributed by atoms with E-state index >= 15 is 0 Å². The highest BCUT2D eigenvalue weighted by Crippen LogP contribution is 2.06. The zero-order valence-corrected chi connectivity index (χ0v) is 8.57. The number of nitrogens with one attached hydrogen (secondary N) is 1. The summed E-state index contributed by atoms with van der Waals surface area (Å²) in [6.07, 6.45) is 1.44. The van der Waals surface area contributed by atoms with Gasteiger partial charge in [0.05, 0.1) is 5.71 Å². The Morgan fingerprint density at radius 1 is 1.67 bits per heavy atom. The molecule has 0 spiro atoms. The number of carbonyl (C=O) groups excluding carboxylic acids is 1. The number of hydrogen-bond acceptors (Lipinski definition) is 4. The van der Waals surface area contributed by atoms with Crippen molar-refractivity contribution in [1.29, 1.82) is 0 Å². The molecule has 1 N–H and O–H groups in total. The van der Waals surface area contributed by atoms with Crippen LogP contribution in [0.3, 0.4) is 0 Å². The van der Waals surface area contributed by atoms with E-state index in [9.17, 15) is 4.79 Å². The minimum Gasteiger partial charge on any atom is -0.323 e. The van der Waals surface area contributed by atoms with E-state index in [2.05, 4.69) is 15.3 Å². The molecule has 0 bridgehead atoms. The lowest BCUT2D eigenvalue weighted by molar-refractivity contribution is 0.153. The van der Waals surface area contributed by atoms with Crippen molar-refractivity contribution in [1.82, 2.24) is 5.32 Å². The molecule has 70 valence electrons. The van der Waals surface area contributed by atoms with Crippen LogP contribution in [-0.4, -0.2) is 30.4 Å². The lowest BCUT2D eigenvalue weighted by Crippen LogP contribution is -2.18. The van der Waals surface area contributed by atoms with E-state index in [1.807, 2.05) is 20.1 Å². The molecule has 12 heavy (non-hydrogen) atoms. The van der Waals surface area contributed by atoms with Crippen molar-refractivity contribution < 1.29 is 9.63 Å². The Bertz CT molecular complexity index is 182. The number of rotatable bonds is 3. The van der Waals surface area contributed by atoms with Gasteiger partial charge in [-0.2, -0.15) is 11.8 Å². The molecule has 4 nitrogen and oxygen atoms in total. The Kier molecular flexibility index (Phi) is 5.53. The Morgan fingerprint density at radius 3 is 2.67 bits per heavy atom. The first kappa shape index (κ1) is 11.3. The molecule has 0 aromatic rings. The smallest absolute Gasteiger partial charge is 0.323 e. The molecule has 0 saturated heterocycles. The van der Waals surface area contributed by atoms with Crippen molar-refractivity contribution in [2.75, 3.05) is 13.3 Å². The molecular weight excluding hydrogens is 176 g/mol. The molecule has 0 aliphatic carbocycles. The molecule has 0 aromatic heterocycles. The predicted molar refractivity (Wildman–Crippen MR) is 51.6 cm³/mol. The standard InChI is InChI=1S/C7H14N2O2S/c1-5(6(2)12-4)9-11-7(10)8-3/h6H,1-4H3,(H,8,10)/b9-5-. The fourth-order valence-corrected chi connectivity index (χ4v) is 0.788. The minimum absolute atomic E-state index is 0.273. The van der Waals surface area contributed by atoms with Gasteiger partial charge in [-0.3, -0.25) is 4.84 Å². The Labute approximate surface area is 76.7 Å². The van der Waals surface area contributed by atoms with Crippen molar-refractivity contribution in [3.63, 3.8) is 0 Å². The molecule has 0 aromatic carbocycles. The normalized spacial score (nSPS) is 13.8. The molecule has 1 atom stereocenters. The summed E-state index contributed by atoms with van der Waals surface area (Å²) in [5, 5.41) is 6.22. The quantitative estimate of drug-likeness (QED) is 0.416. The van der Waals surface area contributed by atoms with E-state index in [0.717, 1.165) is 5.71 Å². The Hall–Kier alpha value is -0.710. The van der Waals surface area contributed by atoms with Gasteiger partial charge in [0.15, 0.2) is 0 Å². The minimum atomic E-state index is -0.539. The van der Waals surface area contributed by atoms with Gasteiger partial charge in [0, 0.05) is 12.3 Å². The van der Waals surface area contributed by atoms with Crippen LogP contribution in [0.15, 0.2) is 5.16 Å². The SMILES string of the molecule is CNC(=O)O/N=C(/C)C(C)SC. The lowest BCUT2D eigenvalue weighted by atomic mass is 10.3. The summed E-state index contributed by atoms with van der Waals surface area (Å²) < 4.78 is 0. The average Bonchev–Trinajstić information content (AvgIpc) is 2.11. The topological polar surface area (TPSA) is 50.7 Å². The third-order valence-corrected chi connectivity index (χ3v) is 2.47. The molecule has 0 radical (unpaired) electrons. The number of nitrogens with zero attached hydrogens (tertiary/aromatic N) is 1. The number of oxime groups is 1. The van der Waals surface area contributed by atoms with Crippen LogP contribution in [-0.2, 0) is 4.84 Å². The van der Waals surface area contributed by atoms with Crippen LogP contribution in [0.5, 0.6) is 0 Å². The van der Waals surface area contributed by atoms with Crippen molar-refractivity contribution in [2.45, 2.75) is 19.1 Å². The average molecular weight is 190 g/mol. The van der Waals surface area contributed by atoms with Crippen LogP contribution in [0.4, 0.5) is 4.79 Å². The Balaban J connectivity index is 3.91. The van der Waals surface area contributed by atoms with Gasteiger partial charge >= 0.3 is 6.09 Å². The van der Waals surface area contributed by atoms with Gasteiger partial charge in [0.1, 0.15) is 0 Å². The first-order valence-corrected chi connectivity index (χ1v) is 4.86. The molecule has 0 saturated carbocycles. The molecule has 0 heterocycles. The second-order valence-corrected chi connectivity index (χ2v) is 3.42. The van der Waals surface area contributed by atoms with Crippen molar-refractivity contribution >= 4 is 23.6 Å². The van der Waals surface area contributed by atoms with Gasteiger partial charge in [-0.1, -0.05) is 5.16 Å². The van der Waals surface area contributed by atoms with Crippen LogP contribution in [0.1, 0.15) is 13.8 Å². The highest BCUT2D eigenvalue weighted by Gasteiger charge is 2.04. The third-order valence-electron chi connectivity index (χ3n) is 1.42. The summed E-state index contributed by atoms with van der Waals surface area (Å²) in [5.74, 6) is 0. The van der Waals surface area contributed by atoms with Crippen molar-refractivity contribution in [3.05, 3.63) is 0 Å². The molecule has 1 amide bonds. The summed E-state index contributed by atoms with van der Waals surface area (Å²) in [6, 6.07) is 0. The van der Waals surface area contributed by atoms with E-state index < -0.39 is 6.09 Å². The molecule has 1 unspecified atom stereocenters. The maximum absolute atomic E-state index is 10.6. The van der Waals surface area contributed by atoms with Gasteiger partial charge in [-0.25, -0.2) is 4.79 Å². The van der Waals surface area contributed by atoms with Gasteiger partial charge in [-0.15, -0.1) is 0 Å². The predicted octanol–water partition coefficient (Wildman–Crippen LogP) is 1.47. The summed E-state index contributed by atoms with van der Waals surface area (Å²) in [5.41, 5.74) is 0.797. The summed E-state index contributed by atoms with van der Waals surface area (Å²) in [4.78, 5) is 15.1. The largest absolute Gasteiger partial charge is 0.433 e.